The number of nitrogens with one attached hydrogen (secondary N) is 2. The summed E-state index contributed by atoms with van der Waals surface area (Å²) in [4.78, 5) is 18.4. The molecule has 1 aliphatic carbocycles. The third-order valence-corrected chi connectivity index (χ3v) is 8.92. The highest BCUT2D eigenvalue weighted by molar-refractivity contribution is 5.77. The van der Waals surface area contributed by atoms with Crippen molar-refractivity contribution in [2.24, 2.45) is 5.92 Å². The Kier molecular flexibility index (Phi) is 8.53. The first-order chi connectivity index (χ1) is 18.0. The van der Waals surface area contributed by atoms with Crippen LogP contribution in [-0.2, 0) is 11.3 Å². The Balaban J connectivity index is 1.24. The van der Waals surface area contributed by atoms with E-state index in [1.165, 1.54) is 50.6 Å². The monoisotopic (exact) mass is 507 g/mol. The van der Waals surface area contributed by atoms with Gasteiger partial charge in [-0.15, -0.1) is 0 Å². The number of amides is 1. The van der Waals surface area contributed by atoms with Crippen LogP contribution in [0.1, 0.15) is 63.1 Å². The number of phenols is 1. The van der Waals surface area contributed by atoms with Crippen molar-refractivity contribution in [1.29, 1.82) is 0 Å². The first-order valence-corrected chi connectivity index (χ1v) is 14.4. The average molecular weight is 508 g/mol. The molecule has 7 nitrogen and oxygen atoms in total. The smallest absolute Gasteiger partial charge is 0.222 e. The molecule has 2 atom stereocenters. The lowest BCUT2D eigenvalue weighted by atomic mass is 9.83. The van der Waals surface area contributed by atoms with Gasteiger partial charge in [0.2, 0.25) is 5.91 Å². The van der Waals surface area contributed by atoms with E-state index in [1.54, 1.807) is 12.1 Å². The fourth-order valence-corrected chi connectivity index (χ4v) is 6.71. The van der Waals surface area contributed by atoms with E-state index in [0.29, 0.717) is 18.4 Å². The van der Waals surface area contributed by atoms with Crippen molar-refractivity contribution in [1.82, 2.24) is 25.0 Å². The van der Waals surface area contributed by atoms with E-state index in [4.69, 9.17) is 0 Å². The number of hydrogen-bond donors (Lipinski definition) is 3. The Morgan fingerprint density at radius 2 is 1.89 bits per heavy atom. The summed E-state index contributed by atoms with van der Waals surface area (Å²) in [6, 6.07) is 10.6. The number of aromatic nitrogens is 1. The molecule has 3 aliphatic rings. The molecule has 1 unspecified atom stereocenters. The van der Waals surface area contributed by atoms with Crippen LogP contribution in [0.15, 0.2) is 36.5 Å². The van der Waals surface area contributed by atoms with E-state index in [9.17, 15) is 9.90 Å². The van der Waals surface area contributed by atoms with Crippen molar-refractivity contribution in [3.63, 3.8) is 0 Å². The summed E-state index contributed by atoms with van der Waals surface area (Å²) in [5.41, 5.74) is 3.27. The Morgan fingerprint density at radius 1 is 1.11 bits per heavy atom. The van der Waals surface area contributed by atoms with Crippen LogP contribution in [0, 0.1) is 5.92 Å². The van der Waals surface area contributed by atoms with Gasteiger partial charge in [0.05, 0.1) is 6.04 Å². The zero-order valence-corrected chi connectivity index (χ0v) is 22.7. The van der Waals surface area contributed by atoms with Crippen molar-refractivity contribution in [2.45, 2.75) is 76.0 Å². The molecule has 1 aromatic carbocycles. The first kappa shape index (κ1) is 26.3. The van der Waals surface area contributed by atoms with Crippen LogP contribution in [0.4, 0.5) is 0 Å². The maximum absolute atomic E-state index is 13.5. The summed E-state index contributed by atoms with van der Waals surface area (Å²) in [6.07, 6.45) is 11.4. The molecule has 3 heterocycles. The molecule has 2 aromatic rings. The molecule has 0 spiro atoms. The number of phenolic OH excluding ortho intramolecular Hbond substituents is 1. The zero-order chi connectivity index (χ0) is 25.8. The Hall–Kier alpha value is -2.35. The predicted molar refractivity (Wildman–Crippen MR) is 149 cm³/mol. The molecule has 202 valence electrons. The minimum absolute atomic E-state index is 0.0950. The van der Waals surface area contributed by atoms with Gasteiger partial charge < -0.3 is 30.1 Å². The number of nitrogens with zero attached hydrogens (tertiary/aromatic N) is 3. The molecule has 7 heteroatoms. The Labute approximate surface area is 222 Å². The van der Waals surface area contributed by atoms with Gasteiger partial charge in [-0.2, -0.15) is 0 Å². The number of carbonyl (C=O) groups is 1. The second-order valence-corrected chi connectivity index (χ2v) is 11.7. The van der Waals surface area contributed by atoms with Gasteiger partial charge in [0.25, 0.3) is 0 Å². The van der Waals surface area contributed by atoms with E-state index in [-0.39, 0.29) is 23.7 Å². The summed E-state index contributed by atoms with van der Waals surface area (Å²) in [7, 11) is 4.38. The van der Waals surface area contributed by atoms with Crippen molar-refractivity contribution in [3.05, 3.63) is 42.2 Å². The minimum Gasteiger partial charge on any atom is -0.508 e. The van der Waals surface area contributed by atoms with Crippen LogP contribution < -0.4 is 10.6 Å². The zero-order valence-electron chi connectivity index (χ0n) is 22.7. The second-order valence-electron chi connectivity index (χ2n) is 11.7. The van der Waals surface area contributed by atoms with Gasteiger partial charge in [0.1, 0.15) is 5.75 Å². The summed E-state index contributed by atoms with van der Waals surface area (Å²) in [5.74, 6) is 1.04. The van der Waals surface area contributed by atoms with Gasteiger partial charge in [-0.05, 0) is 88.1 Å². The van der Waals surface area contributed by atoms with E-state index in [1.807, 2.05) is 12.1 Å². The normalized spacial score (nSPS) is 22.6. The molecule has 0 radical (unpaired) electrons. The second kappa shape index (κ2) is 12.0. The van der Waals surface area contributed by atoms with E-state index in [2.05, 4.69) is 51.4 Å². The van der Waals surface area contributed by atoms with E-state index < -0.39 is 0 Å². The molecule has 37 heavy (non-hydrogen) atoms. The number of carbonyl (C=O) groups excluding carboxylic acids is 1. The topological polar surface area (TPSA) is 72.8 Å². The van der Waals surface area contributed by atoms with Crippen LogP contribution in [0.3, 0.4) is 0 Å². The van der Waals surface area contributed by atoms with Crippen molar-refractivity contribution in [2.75, 3.05) is 40.3 Å². The van der Waals surface area contributed by atoms with Crippen LogP contribution in [0.5, 0.6) is 5.75 Å². The van der Waals surface area contributed by atoms with Gasteiger partial charge in [-0.3, -0.25) is 4.79 Å². The highest BCUT2D eigenvalue weighted by Crippen LogP contribution is 2.31. The molecular weight excluding hydrogens is 462 g/mol. The summed E-state index contributed by atoms with van der Waals surface area (Å²) in [6.45, 7) is 4.82. The molecular formula is C30H45N5O2. The van der Waals surface area contributed by atoms with E-state index >= 15 is 0 Å². The van der Waals surface area contributed by atoms with Gasteiger partial charge in [-0.1, -0.05) is 31.4 Å². The van der Waals surface area contributed by atoms with E-state index in [0.717, 1.165) is 43.9 Å². The standard InChI is InChI=1S/C30H45N5O2/c1-33(2)25-11-13-34(14-12-25)21-29(22-7-4-3-5-8-22)32-30(37)17-27-19-31-18-26-15-24(20-35(26)27)23-9-6-10-28(36)16-23/h6,9-10,15-16,20,22,25,27,29,31,36H,3-5,7-8,11-14,17-19,21H2,1-2H3,(H,32,37)/t27?,29-/m1/s1. The molecule has 3 N–H and O–H groups in total. The molecule has 2 fully saturated rings. The quantitative estimate of drug-likeness (QED) is 0.504. The SMILES string of the molecule is CN(C)C1CCN(C[C@@H](NC(=O)CC2CNCc3cc(-c4cccc(O)c4)cn32)C2CCCCC2)CC1. The number of aromatic hydroxyl groups is 1. The first-order valence-electron chi connectivity index (χ1n) is 14.4. The Morgan fingerprint density at radius 3 is 2.62 bits per heavy atom. The number of benzene rings is 1. The number of likely N-dealkylation sites (tertiary alicyclic amines) is 1. The highest BCUT2D eigenvalue weighted by Gasteiger charge is 2.30. The molecule has 5 rings (SSSR count). The Bertz CT molecular complexity index is 1040. The van der Waals surface area contributed by atoms with Crippen LogP contribution in [-0.4, -0.2) is 77.7 Å². The predicted octanol–water partition coefficient (Wildman–Crippen LogP) is 3.99. The third-order valence-electron chi connectivity index (χ3n) is 8.92. The average Bonchev–Trinajstić information content (AvgIpc) is 3.35. The van der Waals surface area contributed by atoms with Gasteiger partial charge in [-0.25, -0.2) is 0 Å². The van der Waals surface area contributed by atoms with Crippen LogP contribution >= 0.6 is 0 Å². The summed E-state index contributed by atoms with van der Waals surface area (Å²) in [5, 5.41) is 16.9. The lowest BCUT2D eigenvalue weighted by molar-refractivity contribution is -0.123. The fraction of sp³-hybridized carbons (Fsp3) is 0.633. The van der Waals surface area contributed by atoms with Crippen molar-refractivity contribution >= 4 is 5.91 Å². The van der Waals surface area contributed by atoms with Gasteiger partial charge >= 0.3 is 0 Å². The molecule has 1 amide bonds. The van der Waals surface area contributed by atoms with Crippen molar-refractivity contribution in [3.8, 4) is 16.9 Å². The van der Waals surface area contributed by atoms with Crippen molar-refractivity contribution < 1.29 is 9.90 Å². The maximum atomic E-state index is 13.5. The van der Waals surface area contributed by atoms with Crippen LogP contribution in [0.2, 0.25) is 0 Å². The number of fused-ring (bicyclic) bond motifs is 1. The van der Waals surface area contributed by atoms with Gasteiger partial charge in [0, 0.05) is 50.0 Å². The third kappa shape index (κ3) is 6.57. The molecule has 1 saturated heterocycles. The maximum Gasteiger partial charge on any atom is 0.222 e. The summed E-state index contributed by atoms with van der Waals surface area (Å²) >= 11 is 0. The minimum atomic E-state index is 0.0950. The molecule has 1 saturated carbocycles. The van der Waals surface area contributed by atoms with Gasteiger partial charge in [0.15, 0.2) is 0 Å². The fourth-order valence-electron chi connectivity index (χ4n) is 6.71. The largest absolute Gasteiger partial charge is 0.508 e. The number of hydrogen-bond acceptors (Lipinski definition) is 5. The lowest BCUT2D eigenvalue weighted by Gasteiger charge is -2.39. The number of piperidine rings is 1. The molecule has 2 aliphatic heterocycles. The van der Waals surface area contributed by atoms with Crippen LogP contribution in [0.25, 0.3) is 11.1 Å². The summed E-state index contributed by atoms with van der Waals surface area (Å²) < 4.78 is 2.27. The lowest BCUT2D eigenvalue weighted by Crippen LogP contribution is -2.52. The molecule has 0 bridgehead atoms. The highest BCUT2D eigenvalue weighted by atomic mass is 16.3. The molecule has 1 aromatic heterocycles. The number of rotatable bonds is 8.